The van der Waals surface area contributed by atoms with E-state index in [9.17, 15) is 9.59 Å². The molecule has 1 aliphatic heterocycles. The van der Waals surface area contributed by atoms with Crippen molar-refractivity contribution >= 4 is 27.9 Å². The first-order chi connectivity index (χ1) is 10.4. The summed E-state index contributed by atoms with van der Waals surface area (Å²) >= 11 is 3.41. The average Bonchev–Trinajstić information content (AvgIpc) is 2.69. The molecule has 22 heavy (non-hydrogen) atoms. The van der Waals surface area contributed by atoms with Crippen LogP contribution in [0.3, 0.4) is 0 Å². The van der Waals surface area contributed by atoms with Gasteiger partial charge in [-0.15, -0.1) is 0 Å². The number of halogens is 1. The number of hydrogen-bond donors (Lipinski definition) is 1. The van der Waals surface area contributed by atoms with E-state index in [1.807, 2.05) is 18.2 Å². The molecule has 5 nitrogen and oxygen atoms in total. The first-order valence-corrected chi connectivity index (χ1v) is 8.17. The van der Waals surface area contributed by atoms with Crippen LogP contribution in [-0.2, 0) is 11.3 Å². The Morgan fingerprint density at radius 2 is 2.09 bits per heavy atom. The summed E-state index contributed by atoms with van der Waals surface area (Å²) in [7, 11) is 1.59. The van der Waals surface area contributed by atoms with Gasteiger partial charge >= 0.3 is 6.03 Å². The smallest absolute Gasteiger partial charge is 0.325 e. The number of benzene rings is 1. The number of amides is 3. The first kappa shape index (κ1) is 16.8. The van der Waals surface area contributed by atoms with Gasteiger partial charge in [-0.05, 0) is 47.0 Å². The maximum absolute atomic E-state index is 12.6. The fraction of sp³-hybridized carbons (Fsp3) is 0.500. The van der Waals surface area contributed by atoms with E-state index >= 15 is 0 Å². The van der Waals surface area contributed by atoms with Crippen molar-refractivity contribution < 1.29 is 14.3 Å². The lowest BCUT2D eigenvalue weighted by Crippen LogP contribution is -2.43. The number of carbonyl (C=O) groups excluding carboxylic acids is 2. The van der Waals surface area contributed by atoms with Crippen molar-refractivity contribution in [1.82, 2.24) is 10.2 Å². The standard InChI is InChI=1S/C16H21BrN2O3/c1-4-5-8-16(2)14(20)19(15(21)18-16)10-11-6-7-13(22-3)12(17)9-11/h6-7,9H,4-5,8,10H2,1-3H3,(H,18,21)/t16-/m0/s1. The number of hydrogen-bond acceptors (Lipinski definition) is 3. The Labute approximate surface area is 139 Å². The lowest BCUT2D eigenvalue weighted by Gasteiger charge is -2.21. The average molecular weight is 369 g/mol. The first-order valence-electron chi connectivity index (χ1n) is 7.38. The van der Waals surface area contributed by atoms with Crippen molar-refractivity contribution in [2.75, 3.05) is 7.11 Å². The maximum atomic E-state index is 12.6. The van der Waals surface area contributed by atoms with E-state index in [1.54, 1.807) is 14.0 Å². The van der Waals surface area contributed by atoms with E-state index in [0.717, 1.165) is 22.9 Å². The molecule has 1 aromatic rings. The summed E-state index contributed by atoms with van der Waals surface area (Å²) in [5.41, 5.74) is 0.0903. The van der Waals surface area contributed by atoms with Crippen LogP contribution in [0, 0.1) is 0 Å². The lowest BCUT2D eigenvalue weighted by atomic mass is 9.95. The predicted octanol–water partition coefficient (Wildman–Crippen LogP) is 3.46. The van der Waals surface area contributed by atoms with Crippen LogP contribution in [0.1, 0.15) is 38.7 Å². The zero-order valence-corrected chi connectivity index (χ0v) is 14.7. The lowest BCUT2D eigenvalue weighted by molar-refractivity contribution is -0.131. The van der Waals surface area contributed by atoms with Gasteiger partial charge in [-0.2, -0.15) is 0 Å². The van der Waals surface area contributed by atoms with Crippen molar-refractivity contribution in [1.29, 1.82) is 0 Å². The summed E-state index contributed by atoms with van der Waals surface area (Å²) in [6, 6.07) is 5.21. The highest BCUT2D eigenvalue weighted by atomic mass is 79.9. The van der Waals surface area contributed by atoms with Crippen molar-refractivity contribution in [3.8, 4) is 5.75 Å². The number of carbonyl (C=O) groups is 2. The molecule has 0 aromatic heterocycles. The van der Waals surface area contributed by atoms with Crippen LogP contribution >= 0.6 is 15.9 Å². The number of urea groups is 1. The molecule has 1 saturated heterocycles. The molecule has 3 amide bonds. The molecular formula is C16H21BrN2O3. The number of imide groups is 1. The fourth-order valence-corrected chi connectivity index (χ4v) is 3.17. The molecule has 0 radical (unpaired) electrons. The second kappa shape index (κ2) is 6.69. The van der Waals surface area contributed by atoms with Crippen LogP contribution in [0.25, 0.3) is 0 Å². The maximum Gasteiger partial charge on any atom is 0.325 e. The molecule has 1 N–H and O–H groups in total. The second-order valence-electron chi connectivity index (χ2n) is 5.73. The number of methoxy groups -OCH3 is 1. The van der Waals surface area contributed by atoms with Crippen molar-refractivity contribution in [3.63, 3.8) is 0 Å². The third-order valence-corrected chi connectivity index (χ3v) is 4.55. The minimum absolute atomic E-state index is 0.155. The van der Waals surface area contributed by atoms with Gasteiger partial charge in [-0.25, -0.2) is 4.79 Å². The van der Waals surface area contributed by atoms with E-state index < -0.39 is 5.54 Å². The minimum Gasteiger partial charge on any atom is -0.496 e. The van der Waals surface area contributed by atoms with E-state index in [-0.39, 0.29) is 18.5 Å². The quantitative estimate of drug-likeness (QED) is 0.782. The molecule has 1 fully saturated rings. The van der Waals surface area contributed by atoms with E-state index in [0.29, 0.717) is 12.2 Å². The Hall–Kier alpha value is -1.56. The molecule has 120 valence electrons. The van der Waals surface area contributed by atoms with Gasteiger partial charge in [0.15, 0.2) is 0 Å². The highest BCUT2D eigenvalue weighted by Crippen LogP contribution is 2.28. The molecule has 1 atom stereocenters. The third-order valence-electron chi connectivity index (χ3n) is 3.93. The molecule has 0 bridgehead atoms. The zero-order valence-electron chi connectivity index (χ0n) is 13.1. The summed E-state index contributed by atoms with van der Waals surface area (Å²) in [4.78, 5) is 26.0. The Balaban J connectivity index is 2.14. The molecule has 1 heterocycles. The van der Waals surface area contributed by atoms with Gasteiger partial charge in [0.25, 0.3) is 5.91 Å². The Morgan fingerprint density at radius 3 is 2.68 bits per heavy atom. The number of unbranched alkanes of at least 4 members (excludes halogenated alkanes) is 1. The monoisotopic (exact) mass is 368 g/mol. The van der Waals surface area contributed by atoms with Gasteiger partial charge in [0.2, 0.25) is 0 Å². The molecule has 1 aromatic carbocycles. The highest BCUT2D eigenvalue weighted by Gasteiger charge is 2.46. The van der Waals surface area contributed by atoms with Crippen LogP contribution < -0.4 is 10.1 Å². The molecule has 0 unspecified atom stereocenters. The summed E-state index contributed by atoms with van der Waals surface area (Å²) in [5, 5.41) is 2.82. The van der Waals surface area contributed by atoms with E-state index in [4.69, 9.17) is 4.74 Å². The SMILES string of the molecule is CCCC[C@]1(C)NC(=O)N(Cc2ccc(OC)c(Br)c2)C1=O. The van der Waals surface area contributed by atoms with Crippen molar-refractivity contribution in [2.45, 2.75) is 45.2 Å². The largest absolute Gasteiger partial charge is 0.496 e. The summed E-state index contributed by atoms with van der Waals surface area (Å²) in [6.07, 6.45) is 2.56. The predicted molar refractivity (Wildman–Crippen MR) is 87.7 cm³/mol. The fourth-order valence-electron chi connectivity index (χ4n) is 2.58. The van der Waals surface area contributed by atoms with Gasteiger partial charge in [0, 0.05) is 0 Å². The van der Waals surface area contributed by atoms with Crippen molar-refractivity contribution in [3.05, 3.63) is 28.2 Å². The Morgan fingerprint density at radius 1 is 1.36 bits per heavy atom. The summed E-state index contributed by atoms with van der Waals surface area (Å²) < 4.78 is 5.98. The van der Waals surface area contributed by atoms with Gasteiger partial charge in [0.1, 0.15) is 11.3 Å². The minimum atomic E-state index is -0.781. The van der Waals surface area contributed by atoms with Crippen LogP contribution in [0.4, 0.5) is 4.79 Å². The van der Waals surface area contributed by atoms with Gasteiger partial charge in [0.05, 0.1) is 18.1 Å². The number of rotatable bonds is 6. The second-order valence-corrected chi connectivity index (χ2v) is 6.58. The number of nitrogens with zero attached hydrogens (tertiary/aromatic N) is 1. The van der Waals surface area contributed by atoms with Gasteiger partial charge in [-0.3, -0.25) is 9.69 Å². The number of nitrogens with one attached hydrogen (secondary N) is 1. The summed E-state index contributed by atoms with van der Waals surface area (Å²) in [5.74, 6) is 0.562. The van der Waals surface area contributed by atoms with Crippen LogP contribution in [-0.4, -0.2) is 29.5 Å². The zero-order chi connectivity index (χ0) is 16.3. The van der Waals surface area contributed by atoms with E-state index in [2.05, 4.69) is 28.2 Å². The van der Waals surface area contributed by atoms with Crippen LogP contribution in [0.2, 0.25) is 0 Å². The summed E-state index contributed by atoms with van der Waals surface area (Å²) in [6.45, 7) is 4.12. The third kappa shape index (κ3) is 3.27. The molecule has 0 spiro atoms. The topological polar surface area (TPSA) is 58.6 Å². The Kier molecular flexibility index (Phi) is 5.11. The molecule has 1 aliphatic rings. The molecular weight excluding hydrogens is 348 g/mol. The number of ether oxygens (including phenoxy) is 1. The molecule has 6 heteroatoms. The Bertz CT molecular complexity index is 591. The highest BCUT2D eigenvalue weighted by molar-refractivity contribution is 9.10. The molecule has 0 saturated carbocycles. The van der Waals surface area contributed by atoms with Crippen LogP contribution in [0.15, 0.2) is 22.7 Å². The molecule has 0 aliphatic carbocycles. The van der Waals surface area contributed by atoms with Gasteiger partial charge in [-0.1, -0.05) is 25.8 Å². The normalized spacial score (nSPS) is 21.2. The van der Waals surface area contributed by atoms with Crippen LogP contribution in [0.5, 0.6) is 5.75 Å². The molecule has 2 rings (SSSR count). The van der Waals surface area contributed by atoms with Gasteiger partial charge < -0.3 is 10.1 Å². The van der Waals surface area contributed by atoms with Crippen molar-refractivity contribution in [2.24, 2.45) is 0 Å². The van der Waals surface area contributed by atoms with E-state index in [1.165, 1.54) is 4.90 Å².